The van der Waals surface area contributed by atoms with E-state index >= 15 is 0 Å². The van der Waals surface area contributed by atoms with Crippen molar-refractivity contribution in [3.63, 3.8) is 0 Å². The number of hydrogen-bond donors (Lipinski definition) is 0. The highest BCUT2D eigenvalue weighted by molar-refractivity contribution is 5.28. The molecule has 0 saturated heterocycles. The fourth-order valence-corrected chi connectivity index (χ4v) is 1.39. The Kier molecular flexibility index (Phi) is 3.02. The van der Waals surface area contributed by atoms with Crippen molar-refractivity contribution in [3.05, 3.63) is 34.9 Å². The monoisotopic (exact) mass is 184 g/mol. The lowest BCUT2D eigenvalue weighted by Gasteiger charge is -2.09. The van der Waals surface area contributed by atoms with E-state index in [1.807, 2.05) is 6.92 Å². The average molecular weight is 184 g/mol. The SMILES string of the molecule is CCc1cc(F)c(C(C)C)c(F)c1. The molecule has 0 spiro atoms. The molecule has 13 heavy (non-hydrogen) atoms. The first-order valence-electron chi connectivity index (χ1n) is 4.54. The summed E-state index contributed by atoms with van der Waals surface area (Å²) in [6.07, 6.45) is 0.659. The summed E-state index contributed by atoms with van der Waals surface area (Å²) >= 11 is 0. The maximum atomic E-state index is 13.3. The third-order valence-corrected chi connectivity index (χ3v) is 2.12. The van der Waals surface area contributed by atoms with Gasteiger partial charge in [0.2, 0.25) is 0 Å². The van der Waals surface area contributed by atoms with E-state index in [2.05, 4.69) is 0 Å². The second-order valence-electron chi connectivity index (χ2n) is 3.48. The number of halogens is 2. The molecule has 0 heterocycles. The van der Waals surface area contributed by atoms with Gasteiger partial charge in [-0.15, -0.1) is 0 Å². The van der Waals surface area contributed by atoms with Gasteiger partial charge in [-0.3, -0.25) is 0 Å². The van der Waals surface area contributed by atoms with Gasteiger partial charge in [-0.05, 0) is 30.0 Å². The third-order valence-electron chi connectivity index (χ3n) is 2.12. The molecule has 2 heteroatoms. The molecule has 0 amide bonds. The van der Waals surface area contributed by atoms with Crippen LogP contribution in [-0.2, 0) is 6.42 Å². The average Bonchev–Trinajstić information content (AvgIpc) is 2.02. The molecule has 0 N–H and O–H groups in total. The molecule has 0 saturated carbocycles. The van der Waals surface area contributed by atoms with E-state index in [4.69, 9.17) is 0 Å². The second-order valence-corrected chi connectivity index (χ2v) is 3.48. The molecule has 1 aromatic rings. The van der Waals surface area contributed by atoms with Crippen molar-refractivity contribution in [3.8, 4) is 0 Å². The molecule has 0 unspecified atom stereocenters. The van der Waals surface area contributed by atoms with Crippen LogP contribution in [0.1, 0.15) is 37.8 Å². The molecule has 1 aromatic carbocycles. The fraction of sp³-hybridized carbons (Fsp3) is 0.455. The number of benzene rings is 1. The van der Waals surface area contributed by atoms with Gasteiger partial charge in [0.25, 0.3) is 0 Å². The van der Waals surface area contributed by atoms with Crippen molar-refractivity contribution in [2.24, 2.45) is 0 Å². The summed E-state index contributed by atoms with van der Waals surface area (Å²) in [6.45, 7) is 5.45. The summed E-state index contributed by atoms with van der Waals surface area (Å²) in [6, 6.07) is 2.83. The van der Waals surface area contributed by atoms with Gasteiger partial charge in [-0.2, -0.15) is 0 Å². The Hall–Kier alpha value is -0.920. The number of rotatable bonds is 2. The predicted molar refractivity (Wildman–Crippen MR) is 49.8 cm³/mol. The standard InChI is InChI=1S/C11H14F2/c1-4-8-5-9(12)11(7(2)3)10(13)6-8/h5-7H,4H2,1-3H3. The summed E-state index contributed by atoms with van der Waals surface area (Å²) in [5.74, 6) is -0.954. The van der Waals surface area contributed by atoms with Crippen molar-refractivity contribution in [1.29, 1.82) is 0 Å². The van der Waals surface area contributed by atoms with Gasteiger partial charge in [0, 0.05) is 5.56 Å². The van der Waals surface area contributed by atoms with Crippen LogP contribution in [0.25, 0.3) is 0 Å². The Morgan fingerprint density at radius 1 is 1.15 bits per heavy atom. The number of aryl methyl sites for hydroxylation is 1. The molecule has 0 fully saturated rings. The van der Waals surface area contributed by atoms with Crippen LogP contribution in [0.3, 0.4) is 0 Å². The molecule has 0 atom stereocenters. The third kappa shape index (κ3) is 2.06. The molecule has 0 radical (unpaired) electrons. The van der Waals surface area contributed by atoms with Gasteiger partial charge < -0.3 is 0 Å². The van der Waals surface area contributed by atoms with Gasteiger partial charge in [-0.1, -0.05) is 20.8 Å². The molecular weight excluding hydrogens is 170 g/mol. The maximum absolute atomic E-state index is 13.3. The van der Waals surface area contributed by atoms with Crippen LogP contribution in [-0.4, -0.2) is 0 Å². The lowest BCUT2D eigenvalue weighted by atomic mass is 9.99. The van der Waals surface area contributed by atoms with Crippen molar-refractivity contribution in [1.82, 2.24) is 0 Å². The lowest BCUT2D eigenvalue weighted by Crippen LogP contribution is -1.99. The smallest absolute Gasteiger partial charge is 0.129 e. The Labute approximate surface area is 77.6 Å². The van der Waals surface area contributed by atoms with Crippen LogP contribution in [0.2, 0.25) is 0 Å². The minimum Gasteiger partial charge on any atom is -0.207 e. The quantitative estimate of drug-likeness (QED) is 0.658. The largest absolute Gasteiger partial charge is 0.207 e. The first-order valence-corrected chi connectivity index (χ1v) is 4.54. The highest BCUT2D eigenvalue weighted by Crippen LogP contribution is 2.23. The molecule has 1 rings (SSSR count). The molecule has 0 aliphatic carbocycles. The summed E-state index contributed by atoms with van der Waals surface area (Å²) < 4.78 is 26.6. The van der Waals surface area contributed by atoms with Crippen molar-refractivity contribution < 1.29 is 8.78 Å². The molecule has 72 valence electrons. The van der Waals surface area contributed by atoms with Gasteiger partial charge in [0.05, 0.1) is 0 Å². The van der Waals surface area contributed by atoms with E-state index in [1.54, 1.807) is 13.8 Å². The van der Waals surface area contributed by atoms with Crippen molar-refractivity contribution >= 4 is 0 Å². The molecule has 0 aromatic heterocycles. The summed E-state index contributed by atoms with van der Waals surface area (Å²) in [5, 5.41) is 0. The van der Waals surface area contributed by atoms with Gasteiger partial charge in [-0.25, -0.2) is 8.78 Å². The van der Waals surface area contributed by atoms with Crippen LogP contribution >= 0.6 is 0 Å². The van der Waals surface area contributed by atoms with E-state index in [9.17, 15) is 8.78 Å². The molecule has 0 aliphatic rings. The molecule has 0 bridgehead atoms. The van der Waals surface area contributed by atoms with Gasteiger partial charge in [0.15, 0.2) is 0 Å². The van der Waals surface area contributed by atoms with Gasteiger partial charge in [0.1, 0.15) is 11.6 Å². The second kappa shape index (κ2) is 3.86. The summed E-state index contributed by atoms with van der Waals surface area (Å²) in [4.78, 5) is 0. The fourth-order valence-electron chi connectivity index (χ4n) is 1.39. The van der Waals surface area contributed by atoms with E-state index in [0.717, 1.165) is 0 Å². The van der Waals surface area contributed by atoms with E-state index in [0.29, 0.717) is 12.0 Å². The Bertz CT molecular complexity index is 280. The Balaban J connectivity index is 3.23. The van der Waals surface area contributed by atoms with Crippen LogP contribution in [0.5, 0.6) is 0 Å². The van der Waals surface area contributed by atoms with Gasteiger partial charge >= 0.3 is 0 Å². The number of hydrogen-bond acceptors (Lipinski definition) is 0. The van der Waals surface area contributed by atoms with Crippen LogP contribution in [0, 0.1) is 11.6 Å². The van der Waals surface area contributed by atoms with E-state index in [1.165, 1.54) is 12.1 Å². The zero-order valence-electron chi connectivity index (χ0n) is 8.20. The van der Waals surface area contributed by atoms with Crippen LogP contribution in [0.4, 0.5) is 8.78 Å². The lowest BCUT2D eigenvalue weighted by molar-refractivity contribution is 0.539. The predicted octanol–water partition coefficient (Wildman–Crippen LogP) is 3.65. The first kappa shape index (κ1) is 10.2. The normalized spacial score (nSPS) is 10.9. The zero-order valence-corrected chi connectivity index (χ0v) is 8.20. The van der Waals surface area contributed by atoms with Crippen LogP contribution in [0.15, 0.2) is 12.1 Å². The van der Waals surface area contributed by atoms with E-state index < -0.39 is 11.6 Å². The summed E-state index contributed by atoms with van der Waals surface area (Å²) in [7, 11) is 0. The minimum absolute atomic E-state index is 0.106. The minimum atomic E-state index is -0.424. The Morgan fingerprint density at radius 3 is 1.92 bits per heavy atom. The maximum Gasteiger partial charge on any atom is 0.129 e. The summed E-state index contributed by atoms with van der Waals surface area (Å²) in [5.41, 5.74) is 0.900. The Morgan fingerprint density at radius 2 is 1.62 bits per heavy atom. The highest BCUT2D eigenvalue weighted by Gasteiger charge is 2.13. The van der Waals surface area contributed by atoms with Crippen molar-refractivity contribution in [2.45, 2.75) is 33.1 Å². The molecular formula is C11H14F2. The van der Waals surface area contributed by atoms with E-state index in [-0.39, 0.29) is 11.5 Å². The highest BCUT2D eigenvalue weighted by atomic mass is 19.1. The van der Waals surface area contributed by atoms with Crippen LogP contribution < -0.4 is 0 Å². The topological polar surface area (TPSA) is 0 Å². The first-order chi connectivity index (χ1) is 6.06. The van der Waals surface area contributed by atoms with Crippen molar-refractivity contribution in [2.75, 3.05) is 0 Å². The molecule has 0 nitrogen and oxygen atoms in total. The molecule has 0 aliphatic heterocycles. The zero-order chi connectivity index (χ0) is 10.0.